The second-order valence-electron chi connectivity index (χ2n) is 8.13. The van der Waals surface area contributed by atoms with Gasteiger partial charge in [-0.15, -0.1) is 12.4 Å². The lowest BCUT2D eigenvalue weighted by Gasteiger charge is -2.39. The highest BCUT2D eigenvalue weighted by molar-refractivity contribution is 5.97. The summed E-state index contributed by atoms with van der Waals surface area (Å²) in [5.74, 6) is 0.616. The molecule has 1 aliphatic heterocycles. The molecule has 0 N–H and O–H groups in total. The number of hydrogen-bond acceptors (Lipinski definition) is 2. The van der Waals surface area contributed by atoms with Gasteiger partial charge in [0, 0.05) is 37.3 Å². The Morgan fingerprint density at radius 2 is 1.71 bits per heavy atom. The zero-order valence-electron chi connectivity index (χ0n) is 16.7. The first-order chi connectivity index (χ1) is 13.2. The lowest BCUT2D eigenvalue weighted by molar-refractivity contribution is -0.120. The number of carbonyl (C=O) groups excluding carboxylic acids is 1. The van der Waals surface area contributed by atoms with Crippen molar-refractivity contribution in [1.82, 2.24) is 4.90 Å². The van der Waals surface area contributed by atoms with Crippen LogP contribution in [-0.2, 0) is 11.2 Å². The van der Waals surface area contributed by atoms with Gasteiger partial charge in [0.1, 0.15) is 0 Å². The van der Waals surface area contributed by atoms with Crippen molar-refractivity contribution < 1.29 is 4.79 Å². The predicted octanol–water partition coefficient (Wildman–Crippen LogP) is 4.87. The standard InChI is InChI=1S/C24H30N2O.ClH/c1-19-6-5-9-23(18-19)26(24(27)21-10-11-21)22-13-16-25(17-14-22)15-12-20-7-3-2-4-8-20;/h2-9,18,21-22H,10-17H2,1H3;1H. The molecule has 0 bridgehead atoms. The summed E-state index contributed by atoms with van der Waals surface area (Å²) in [6.45, 7) is 5.38. The highest BCUT2D eigenvalue weighted by atomic mass is 35.5. The van der Waals surface area contributed by atoms with Gasteiger partial charge in [0.2, 0.25) is 5.91 Å². The molecule has 28 heavy (non-hydrogen) atoms. The molecule has 0 aromatic heterocycles. The zero-order valence-corrected chi connectivity index (χ0v) is 17.5. The first-order valence-corrected chi connectivity index (χ1v) is 10.4. The maximum absolute atomic E-state index is 13.0. The minimum absolute atomic E-state index is 0. The molecule has 2 aromatic rings. The van der Waals surface area contributed by atoms with Crippen molar-refractivity contribution in [1.29, 1.82) is 0 Å². The van der Waals surface area contributed by atoms with Crippen LogP contribution in [0.5, 0.6) is 0 Å². The number of anilines is 1. The number of carbonyl (C=O) groups is 1. The molecule has 1 aliphatic carbocycles. The normalized spacial score (nSPS) is 17.8. The van der Waals surface area contributed by atoms with Gasteiger partial charge in [-0.1, -0.05) is 42.5 Å². The van der Waals surface area contributed by atoms with Crippen molar-refractivity contribution in [2.45, 2.75) is 45.1 Å². The van der Waals surface area contributed by atoms with Crippen LogP contribution in [0, 0.1) is 12.8 Å². The molecule has 4 rings (SSSR count). The second-order valence-corrected chi connectivity index (χ2v) is 8.13. The molecule has 4 heteroatoms. The van der Waals surface area contributed by atoms with E-state index in [1.54, 1.807) is 0 Å². The predicted molar refractivity (Wildman–Crippen MR) is 118 cm³/mol. The van der Waals surface area contributed by atoms with Crippen LogP contribution < -0.4 is 4.90 Å². The molecule has 0 spiro atoms. The van der Waals surface area contributed by atoms with Crippen molar-refractivity contribution in [2.24, 2.45) is 5.92 Å². The number of amides is 1. The Kier molecular flexibility index (Phi) is 7.14. The van der Waals surface area contributed by atoms with E-state index in [2.05, 4.69) is 71.3 Å². The number of nitrogens with zero attached hydrogens (tertiary/aromatic N) is 2. The highest BCUT2D eigenvalue weighted by Crippen LogP contribution is 2.35. The number of halogens is 1. The number of hydrogen-bond donors (Lipinski definition) is 0. The van der Waals surface area contributed by atoms with E-state index in [0.29, 0.717) is 11.9 Å². The Morgan fingerprint density at radius 3 is 2.36 bits per heavy atom. The number of benzene rings is 2. The van der Waals surface area contributed by atoms with Crippen molar-refractivity contribution in [2.75, 3.05) is 24.5 Å². The molecule has 1 saturated heterocycles. The highest BCUT2D eigenvalue weighted by Gasteiger charge is 2.38. The third kappa shape index (κ3) is 5.15. The van der Waals surface area contributed by atoms with Gasteiger partial charge in [0.15, 0.2) is 0 Å². The van der Waals surface area contributed by atoms with E-state index in [1.165, 1.54) is 11.1 Å². The second kappa shape index (κ2) is 9.58. The van der Waals surface area contributed by atoms with Gasteiger partial charge in [0.25, 0.3) is 0 Å². The molecule has 1 amide bonds. The van der Waals surface area contributed by atoms with Gasteiger partial charge >= 0.3 is 0 Å². The largest absolute Gasteiger partial charge is 0.309 e. The number of rotatable bonds is 6. The summed E-state index contributed by atoms with van der Waals surface area (Å²) < 4.78 is 0. The third-order valence-corrected chi connectivity index (χ3v) is 5.93. The minimum Gasteiger partial charge on any atom is -0.309 e. The molecular formula is C24H31ClN2O. The Labute approximate surface area is 175 Å². The van der Waals surface area contributed by atoms with Crippen molar-refractivity contribution >= 4 is 24.0 Å². The van der Waals surface area contributed by atoms with E-state index in [0.717, 1.165) is 57.4 Å². The van der Waals surface area contributed by atoms with Gasteiger partial charge in [-0.25, -0.2) is 0 Å². The Bertz CT molecular complexity index is 767. The first kappa shape index (κ1) is 20.9. The SMILES string of the molecule is Cc1cccc(N(C(=O)C2CC2)C2CCN(CCc3ccccc3)CC2)c1.Cl. The number of piperidine rings is 1. The fourth-order valence-electron chi connectivity index (χ4n) is 4.16. The Balaban J connectivity index is 0.00000225. The maximum Gasteiger partial charge on any atom is 0.230 e. The van der Waals surface area contributed by atoms with Crippen molar-refractivity contribution in [3.05, 3.63) is 65.7 Å². The number of likely N-dealkylation sites (tertiary alicyclic amines) is 1. The Morgan fingerprint density at radius 1 is 1.00 bits per heavy atom. The summed E-state index contributed by atoms with van der Waals surface area (Å²) in [5, 5.41) is 0. The fraction of sp³-hybridized carbons (Fsp3) is 0.458. The lowest BCUT2D eigenvalue weighted by Crippen LogP contribution is -2.48. The van der Waals surface area contributed by atoms with E-state index in [4.69, 9.17) is 0 Å². The van der Waals surface area contributed by atoms with Gasteiger partial charge < -0.3 is 9.80 Å². The topological polar surface area (TPSA) is 23.6 Å². The molecule has 150 valence electrons. The van der Waals surface area contributed by atoms with Gasteiger partial charge in [-0.05, 0) is 62.3 Å². The van der Waals surface area contributed by atoms with E-state index in [9.17, 15) is 4.79 Å². The quantitative estimate of drug-likeness (QED) is 0.693. The summed E-state index contributed by atoms with van der Waals surface area (Å²) in [7, 11) is 0. The van der Waals surface area contributed by atoms with Crippen LogP contribution in [0.4, 0.5) is 5.69 Å². The molecule has 3 nitrogen and oxygen atoms in total. The summed E-state index contributed by atoms with van der Waals surface area (Å²) in [6, 6.07) is 19.5. The molecule has 1 saturated carbocycles. The van der Waals surface area contributed by atoms with Crippen LogP contribution in [0.3, 0.4) is 0 Å². The van der Waals surface area contributed by atoms with Crippen LogP contribution >= 0.6 is 12.4 Å². The molecule has 1 heterocycles. The van der Waals surface area contributed by atoms with Crippen LogP contribution in [0.2, 0.25) is 0 Å². The van der Waals surface area contributed by atoms with E-state index in [-0.39, 0.29) is 18.3 Å². The van der Waals surface area contributed by atoms with E-state index >= 15 is 0 Å². The average Bonchev–Trinajstić information content (AvgIpc) is 3.54. The zero-order chi connectivity index (χ0) is 18.6. The van der Waals surface area contributed by atoms with Gasteiger partial charge in [-0.2, -0.15) is 0 Å². The van der Waals surface area contributed by atoms with E-state index < -0.39 is 0 Å². The summed E-state index contributed by atoms with van der Waals surface area (Å²) >= 11 is 0. The van der Waals surface area contributed by atoms with Crippen molar-refractivity contribution in [3.63, 3.8) is 0 Å². The monoisotopic (exact) mass is 398 g/mol. The van der Waals surface area contributed by atoms with Gasteiger partial charge in [0.05, 0.1) is 0 Å². The number of aryl methyl sites for hydroxylation is 1. The fourth-order valence-corrected chi connectivity index (χ4v) is 4.16. The summed E-state index contributed by atoms with van der Waals surface area (Å²) in [4.78, 5) is 17.7. The Hall–Kier alpha value is -1.84. The van der Waals surface area contributed by atoms with Gasteiger partial charge in [-0.3, -0.25) is 4.79 Å². The van der Waals surface area contributed by atoms with Crippen LogP contribution in [0.1, 0.15) is 36.8 Å². The molecule has 2 fully saturated rings. The molecule has 2 aromatic carbocycles. The molecule has 0 unspecified atom stereocenters. The van der Waals surface area contributed by atoms with Crippen LogP contribution in [0.25, 0.3) is 0 Å². The minimum atomic E-state index is 0. The van der Waals surface area contributed by atoms with Crippen molar-refractivity contribution in [3.8, 4) is 0 Å². The first-order valence-electron chi connectivity index (χ1n) is 10.4. The molecular weight excluding hydrogens is 368 g/mol. The van der Waals surface area contributed by atoms with Crippen LogP contribution in [0.15, 0.2) is 54.6 Å². The van der Waals surface area contributed by atoms with Crippen LogP contribution in [-0.4, -0.2) is 36.5 Å². The summed E-state index contributed by atoms with van der Waals surface area (Å²) in [5.41, 5.74) is 3.72. The smallest absolute Gasteiger partial charge is 0.230 e. The molecule has 2 aliphatic rings. The molecule has 0 atom stereocenters. The van der Waals surface area contributed by atoms with E-state index in [1.807, 2.05) is 0 Å². The maximum atomic E-state index is 13.0. The summed E-state index contributed by atoms with van der Waals surface area (Å²) in [6.07, 6.45) is 5.38. The lowest BCUT2D eigenvalue weighted by atomic mass is 10.0. The average molecular weight is 399 g/mol. The molecule has 0 radical (unpaired) electrons. The third-order valence-electron chi connectivity index (χ3n) is 5.93.